The van der Waals surface area contributed by atoms with Crippen LogP contribution in [0.4, 0.5) is 0 Å². The lowest BCUT2D eigenvalue weighted by Crippen LogP contribution is -2.24. The van der Waals surface area contributed by atoms with Crippen molar-refractivity contribution in [1.29, 1.82) is 0 Å². The molecule has 0 aromatic heterocycles. The fourth-order valence-corrected chi connectivity index (χ4v) is 2.36. The van der Waals surface area contributed by atoms with E-state index in [4.69, 9.17) is 0 Å². The summed E-state index contributed by atoms with van der Waals surface area (Å²) in [5, 5.41) is 19.8. The van der Waals surface area contributed by atoms with Gasteiger partial charge in [-0.2, -0.15) is 0 Å². The van der Waals surface area contributed by atoms with Gasteiger partial charge in [0.1, 0.15) is 5.75 Å². The van der Waals surface area contributed by atoms with E-state index in [9.17, 15) is 10.2 Å². The molecule has 2 rings (SSSR count). The van der Waals surface area contributed by atoms with Crippen LogP contribution in [-0.2, 0) is 12.0 Å². The Morgan fingerprint density at radius 1 is 1.06 bits per heavy atom. The zero-order chi connectivity index (χ0) is 13.2. The van der Waals surface area contributed by atoms with Crippen molar-refractivity contribution in [3.05, 3.63) is 64.1 Å². The van der Waals surface area contributed by atoms with Crippen LogP contribution in [-0.4, -0.2) is 10.2 Å². The predicted octanol–water partition coefficient (Wildman–Crippen LogP) is 3.60. The van der Waals surface area contributed by atoms with Gasteiger partial charge >= 0.3 is 0 Å². The summed E-state index contributed by atoms with van der Waals surface area (Å²) in [5.74, 6) is 0.204. The molecule has 2 N–H and O–H groups in total. The number of phenolic OH excluding ortho intramolecular Hbond substituents is 1. The lowest BCUT2D eigenvalue weighted by Gasteiger charge is -2.24. The molecule has 1 atom stereocenters. The summed E-state index contributed by atoms with van der Waals surface area (Å²) in [5.41, 5.74) is 0.879. The van der Waals surface area contributed by atoms with Crippen molar-refractivity contribution < 1.29 is 10.2 Å². The molecule has 0 spiro atoms. The van der Waals surface area contributed by atoms with E-state index in [2.05, 4.69) is 15.9 Å². The first-order chi connectivity index (χ1) is 8.49. The normalized spacial score (nSPS) is 14.2. The molecule has 0 fully saturated rings. The first-order valence-corrected chi connectivity index (χ1v) is 6.54. The van der Waals surface area contributed by atoms with Crippen molar-refractivity contribution in [3.63, 3.8) is 0 Å². The Morgan fingerprint density at radius 3 is 2.28 bits per heavy atom. The highest BCUT2D eigenvalue weighted by molar-refractivity contribution is 9.10. The monoisotopic (exact) mass is 306 g/mol. The number of hydrogen-bond donors (Lipinski definition) is 2. The fraction of sp³-hybridized carbons (Fsp3) is 0.200. The van der Waals surface area contributed by atoms with Crippen LogP contribution in [0.3, 0.4) is 0 Å². The van der Waals surface area contributed by atoms with Gasteiger partial charge in [0.15, 0.2) is 0 Å². The van der Waals surface area contributed by atoms with Crippen molar-refractivity contribution in [2.75, 3.05) is 0 Å². The van der Waals surface area contributed by atoms with Gasteiger partial charge in [-0.3, -0.25) is 0 Å². The molecule has 0 bridgehead atoms. The van der Waals surface area contributed by atoms with E-state index >= 15 is 0 Å². The Morgan fingerprint density at radius 2 is 1.67 bits per heavy atom. The fourth-order valence-electron chi connectivity index (χ4n) is 1.94. The topological polar surface area (TPSA) is 40.5 Å². The summed E-state index contributed by atoms with van der Waals surface area (Å²) in [6, 6.07) is 14.5. The van der Waals surface area contributed by atoms with Crippen LogP contribution in [0.25, 0.3) is 0 Å². The Hall–Kier alpha value is -1.32. The van der Waals surface area contributed by atoms with Gasteiger partial charge in [0.2, 0.25) is 0 Å². The molecule has 2 aromatic carbocycles. The molecule has 94 valence electrons. The first kappa shape index (κ1) is 13.1. The van der Waals surface area contributed by atoms with Gasteiger partial charge in [-0.05, 0) is 36.2 Å². The minimum absolute atomic E-state index is 0.204. The number of halogens is 1. The molecule has 0 amide bonds. The smallest absolute Gasteiger partial charge is 0.115 e. The third kappa shape index (κ3) is 2.92. The maximum atomic E-state index is 10.6. The van der Waals surface area contributed by atoms with Crippen LogP contribution >= 0.6 is 15.9 Å². The van der Waals surface area contributed by atoms with Crippen LogP contribution in [0, 0.1) is 0 Å². The van der Waals surface area contributed by atoms with E-state index < -0.39 is 5.60 Å². The lowest BCUT2D eigenvalue weighted by molar-refractivity contribution is 0.0574. The van der Waals surface area contributed by atoms with Crippen molar-refractivity contribution in [1.82, 2.24) is 0 Å². The van der Waals surface area contributed by atoms with Crippen LogP contribution < -0.4 is 0 Å². The Bertz CT molecular complexity index is 532. The quantitative estimate of drug-likeness (QED) is 0.909. The third-order valence-corrected chi connectivity index (χ3v) is 3.76. The number of aliphatic hydroxyl groups is 1. The van der Waals surface area contributed by atoms with Crippen molar-refractivity contribution in [2.45, 2.75) is 18.9 Å². The molecule has 18 heavy (non-hydrogen) atoms. The molecule has 2 nitrogen and oxygen atoms in total. The zero-order valence-corrected chi connectivity index (χ0v) is 11.7. The molecular weight excluding hydrogens is 292 g/mol. The van der Waals surface area contributed by atoms with Gasteiger partial charge < -0.3 is 10.2 Å². The number of rotatable bonds is 3. The molecule has 0 aliphatic carbocycles. The second kappa shape index (κ2) is 5.12. The van der Waals surface area contributed by atoms with E-state index in [1.54, 1.807) is 31.2 Å². The van der Waals surface area contributed by atoms with Crippen molar-refractivity contribution >= 4 is 15.9 Å². The van der Waals surface area contributed by atoms with Crippen molar-refractivity contribution in [2.24, 2.45) is 0 Å². The summed E-state index contributed by atoms with van der Waals surface area (Å²) in [6.07, 6.45) is 0.513. The molecule has 3 heteroatoms. The molecule has 0 heterocycles. The molecule has 0 radical (unpaired) electrons. The number of hydrogen-bond acceptors (Lipinski definition) is 2. The Kier molecular flexibility index (Phi) is 3.73. The molecule has 1 unspecified atom stereocenters. The number of phenols is 1. The van der Waals surface area contributed by atoms with E-state index in [-0.39, 0.29) is 5.75 Å². The van der Waals surface area contributed by atoms with Gasteiger partial charge in [-0.15, -0.1) is 0 Å². The molecule has 0 saturated heterocycles. The largest absolute Gasteiger partial charge is 0.508 e. The van der Waals surface area contributed by atoms with E-state index in [0.717, 1.165) is 15.6 Å². The SMILES string of the molecule is CC(O)(Cc1ccccc1Br)c1ccc(O)cc1. The molecule has 0 aliphatic heterocycles. The van der Waals surface area contributed by atoms with Crippen LogP contribution in [0.5, 0.6) is 5.75 Å². The van der Waals surface area contributed by atoms with Gasteiger partial charge in [0.05, 0.1) is 5.60 Å². The minimum Gasteiger partial charge on any atom is -0.508 e. The lowest BCUT2D eigenvalue weighted by atomic mass is 9.89. The maximum Gasteiger partial charge on any atom is 0.115 e. The summed E-state index contributed by atoms with van der Waals surface area (Å²) in [4.78, 5) is 0. The second-order valence-corrected chi connectivity index (χ2v) is 5.44. The Labute approximate surface area is 115 Å². The zero-order valence-electron chi connectivity index (χ0n) is 10.1. The summed E-state index contributed by atoms with van der Waals surface area (Å²) in [7, 11) is 0. The van der Waals surface area contributed by atoms with E-state index in [0.29, 0.717) is 6.42 Å². The molecule has 0 saturated carbocycles. The molecular formula is C15H15BrO2. The molecule has 0 aliphatic rings. The predicted molar refractivity (Wildman–Crippen MR) is 75.5 cm³/mol. The van der Waals surface area contributed by atoms with Crippen LogP contribution in [0.1, 0.15) is 18.1 Å². The van der Waals surface area contributed by atoms with Gasteiger partial charge in [0, 0.05) is 10.9 Å². The first-order valence-electron chi connectivity index (χ1n) is 5.74. The number of benzene rings is 2. The van der Waals surface area contributed by atoms with Gasteiger partial charge in [0.25, 0.3) is 0 Å². The van der Waals surface area contributed by atoms with Gasteiger partial charge in [-0.25, -0.2) is 0 Å². The van der Waals surface area contributed by atoms with Crippen LogP contribution in [0.15, 0.2) is 53.0 Å². The van der Waals surface area contributed by atoms with Gasteiger partial charge in [-0.1, -0.05) is 46.3 Å². The molecule has 2 aromatic rings. The third-order valence-electron chi connectivity index (χ3n) is 2.98. The summed E-state index contributed by atoms with van der Waals surface area (Å²) >= 11 is 3.48. The highest BCUT2D eigenvalue weighted by Gasteiger charge is 2.24. The average Bonchev–Trinajstić information content (AvgIpc) is 2.32. The maximum absolute atomic E-state index is 10.6. The highest BCUT2D eigenvalue weighted by Crippen LogP contribution is 2.29. The minimum atomic E-state index is -0.961. The summed E-state index contributed by atoms with van der Waals surface area (Å²) in [6.45, 7) is 1.78. The van der Waals surface area contributed by atoms with E-state index in [1.165, 1.54) is 0 Å². The Balaban J connectivity index is 2.27. The highest BCUT2D eigenvalue weighted by atomic mass is 79.9. The summed E-state index contributed by atoms with van der Waals surface area (Å²) < 4.78 is 0.990. The van der Waals surface area contributed by atoms with E-state index in [1.807, 2.05) is 24.3 Å². The standard InChI is InChI=1S/C15H15BrO2/c1-15(18,12-6-8-13(17)9-7-12)10-11-4-2-3-5-14(11)16/h2-9,17-18H,10H2,1H3. The van der Waals surface area contributed by atoms with Crippen molar-refractivity contribution in [3.8, 4) is 5.75 Å². The van der Waals surface area contributed by atoms with Crippen LogP contribution in [0.2, 0.25) is 0 Å². The average molecular weight is 307 g/mol. The second-order valence-electron chi connectivity index (χ2n) is 4.59. The number of aromatic hydroxyl groups is 1.